The second-order valence-electron chi connectivity index (χ2n) is 2.40. The minimum atomic E-state index is -2.49. The van der Waals surface area contributed by atoms with Crippen LogP contribution < -0.4 is 0 Å². The molecule has 62 valence electrons. The Hall–Kier alpha value is -1.00. The van der Waals surface area contributed by atoms with Crippen molar-refractivity contribution in [2.45, 2.75) is 13.3 Å². The van der Waals surface area contributed by atoms with E-state index in [-0.39, 0.29) is 12.3 Å². The van der Waals surface area contributed by atoms with Gasteiger partial charge in [-0.25, -0.2) is 8.78 Å². The summed E-state index contributed by atoms with van der Waals surface area (Å²) < 4.78 is 24.0. The van der Waals surface area contributed by atoms with Crippen LogP contribution in [0.4, 0.5) is 8.78 Å². The third-order valence-corrected chi connectivity index (χ3v) is 1.53. The molecule has 0 aromatic heterocycles. The van der Waals surface area contributed by atoms with Crippen LogP contribution in [0.1, 0.15) is 6.92 Å². The lowest BCUT2D eigenvalue weighted by Crippen LogP contribution is -2.35. The van der Waals surface area contributed by atoms with Crippen LogP contribution in [0.25, 0.3) is 0 Å². The van der Waals surface area contributed by atoms with E-state index in [9.17, 15) is 8.78 Å². The molecule has 5 heteroatoms. The van der Waals surface area contributed by atoms with Crippen molar-refractivity contribution >= 4 is 11.5 Å². The van der Waals surface area contributed by atoms with Gasteiger partial charge in [0.15, 0.2) is 0 Å². The monoisotopic (exact) mass is 161 g/mol. The van der Waals surface area contributed by atoms with Crippen LogP contribution in [-0.4, -0.2) is 36.5 Å². The molecule has 0 atom stereocenters. The number of hydrogen-bond acceptors (Lipinski definition) is 3. The van der Waals surface area contributed by atoms with E-state index in [0.717, 1.165) is 0 Å². The number of hydrogen-bond donors (Lipinski definition) is 0. The highest BCUT2D eigenvalue weighted by molar-refractivity contribution is 5.95. The van der Waals surface area contributed by atoms with Gasteiger partial charge in [0.1, 0.15) is 11.5 Å². The van der Waals surface area contributed by atoms with Gasteiger partial charge in [-0.05, 0) is 6.92 Å². The van der Waals surface area contributed by atoms with Crippen LogP contribution in [-0.2, 0) is 0 Å². The first-order valence-corrected chi connectivity index (χ1v) is 3.21. The highest BCUT2D eigenvalue weighted by Crippen LogP contribution is 2.04. The standard InChI is InChI=1S/C6H9F2N3/c1-4-9-10-5(6(7)8)3-11(4)2/h6H,3H2,1-2H3. The van der Waals surface area contributed by atoms with Crippen molar-refractivity contribution in [1.29, 1.82) is 0 Å². The molecule has 0 bridgehead atoms. The molecule has 0 fully saturated rings. The first kappa shape index (κ1) is 8.10. The van der Waals surface area contributed by atoms with E-state index >= 15 is 0 Å². The van der Waals surface area contributed by atoms with Gasteiger partial charge in [-0.15, -0.1) is 5.10 Å². The Morgan fingerprint density at radius 3 is 2.55 bits per heavy atom. The van der Waals surface area contributed by atoms with Gasteiger partial charge in [0.05, 0.1) is 6.54 Å². The minimum absolute atomic E-state index is 0.168. The van der Waals surface area contributed by atoms with E-state index in [1.54, 1.807) is 18.9 Å². The molecule has 0 N–H and O–H groups in total. The van der Waals surface area contributed by atoms with Crippen molar-refractivity contribution in [3.05, 3.63) is 0 Å². The summed E-state index contributed by atoms with van der Waals surface area (Å²) in [6.07, 6.45) is -2.49. The first-order chi connectivity index (χ1) is 5.11. The fourth-order valence-electron chi connectivity index (χ4n) is 0.715. The summed E-state index contributed by atoms with van der Waals surface area (Å²) in [4.78, 5) is 1.63. The lowest BCUT2D eigenvalue weighted by molar-refractivity contribution is 0.220. The number of alkyl halides is 2. The summed E-state index contributed by atoms with van der Waals surface area (Å²) in [6.45, 7) is 1.90. The molecule has 1 rings (SSSR count). The van der Waals surface area contributed by atoms with Crippen molar-refractivity contribution in [3.8, 4) is 0 Å². The van der Waals surface area contributed by atoms with Crippen molar-refractivity contribution in [3.63, 3.8) is 0 Å². The predicted molar refractivity (Wildman–Crippen MR) is 39.2 cm³/mol. The van der Waals surface area contributed by atoms with Crippen LogP contribution in [0.2, 0.25) is 0 Å². The summed E-state index contributed by atoms with van der Waals surface area (Å²) in [5, 5.41) is 6.94. The lowest BCUT2D eigenvalue weighted by Gasteiger charge is -2.21. The van der Waals surface area contributed by atoms with Crippen molar-refractivity contribution in [2.24, 2.45) is 10.2 Å². The zero-order valence-corrected chi connectivity index (χ0v) is 6.38. The van der Waals surface area contributed by atoms with Crippen LogP contribution in [0.3, 0.4) is 0 Å². The molecule has 0 spiro atoms. The Kier molecular flexibility index (Phi) is 2.16. The molecule has 0 aliphatic carbocycles. The minimum Gasteiger partial charge on any atom is -0.356 e. The molecule has 1 aliphatic rings. The van der Waals surface area contributed by atoms with E-state index < -0.39 is 6.43 Å². The summed E-state index contributed by atoms with van der Waals surface area (Å²) in [5.41, 5.74) is -0.168. The third kappa shape index (κ3) is 1.72. The third-order valence-electron chi connectivity index (χ3n) is 1.53. The fourth-order valence-corrected chi connectivity index (χ4v) is 0.715. The second kappa shape index (κ2) is 2.94. The van der Waals surface area contributed by atoms with Crippen LogP contribution in [0.15, 0.2) is 10.2 Å². The van der Waals surface area contributed by atoms with E-state index in [0.29, 0.717) is 5.84 Å². The van der Waals surface area contributed by atoms with E-state index in [1.165, 1.54) is 0 Å². The van der Waals surface area contributed by atoms with Gasteiger partial charge in [-0.3, -0.25) is 0 Å². The molecule has 0 aromatic carbocycles. The maximum absolute atomic E-state index is 12.0. The number of halogens is 2. The largest absolute Gasteiger partial charge is 0.356 e. The zero-order valence-electron chi connectivity index (χ0n) is 6.38. The quantitative estimate of drug-likeness (QED) is 0.563. The van der Waals surface area contributed by atoms with E-state index in [1.807, 2.05) is 0 Å². The lowest BCUT2D eigenvalue weighted by atomic mass is 10.3. The maximum atomic E-state index is 12.0. The van der Waals surface area contributed by atoms with Crippen molar-refractivity contribution in [1.82, 2.24) is 4.90 Å². The van der Waals surface area contributed by atoms with Crippen LogP contribution in [0, 0.1) is 0 Å². The van der Waals surface area contributed by atoms with E-state index in [4.69, 9.17) is 0 Å². The topological polar surface area (TPSA) is 28.0 Å². The Labute approximate surface area is 63.4 Å². The SMILES string of the molecule is CC1=NN=C(C(F)F)CN1C. The van der Waals surface area contributed by atoms with Gasteiger partial charge >= 0.3 is 0 Å². The molecule has 0 radical (unpaired) electrons. The Bertz CT molecular complexity index is 210. The first-order valence-electron chi connectivity index (χ1n) is 3.21. The number of amidine groups is 1. The van der Waals surface area contributed by atoms with Crippen molar-refractivity contribution < 1.29 is 8.78 Å². The smallest absolute Gasteiger partial charge is 0.280 e. The highest BCUT2D eigenvalue weighted by atomic mass is 19.3. The molecule has 0 aromatic rings. The van der Waals surface area contributed by atoms with Crippen LogP contribution >= 0.6 is 0 Å². The summed E-state index contributed by atoms with van der Waals surface area (Å²) in [7, 11) is 1.70. The summed E-state index contributed by atoms with van der Waals surface area (Å²) in [5.74, 6) is 0.661. The van der Waals surface area contributed by atoms with Gasteiger partial charge in [-0.2, -0.15) is 5.10 Å². The molecular formula is C6H9F2N3. The molecule has 1 aliphatic heterocycles. The molecule has 1 heterocycles. The Balaban J connectivity index is 2.73. The highest BCUT2D eigenvalue weighted by Gasteiger charge is 2.19. The average Bonchev–Trinajstić information content (AvgIpc) is 1.94. The van der Waals surface area contributed by atoms with E-state index in [2.05, 4.69) is 10.2 Å². The Morgan fingerprint density at radius 1 is 1.45 bits per heavy atom. The van der Waals surface area contributed by atoms with Gasteiger partial charge in [0.2, 0.25) is 0 Å². The maximum Gasteiger partial charge on any atom is 0.280 e. The molecular weight excluding hydrogens is 152 g/mol. The second-order valence-corrected chi connectivity index (χ2v) is 2.40. The fraction of sp³-hybridized carbons (Fsp3) is 0.667. The molecule has 11 heavy (non-hydrogen) atoms. The molecule has 0 unspecified atom stereocenters. The van der Waals surface area contributed by atoms with Gasteiger partial charge in [-0.1, -0.05) is 0 Å². The number of nitrogens with zero attached hydrogens (tertiary/aromatic N) is 3. The molecule has 0 saturated carbocycles. The van der Waals surface area contributed by atoms with Gasteiger partial charge < -0.3 is 4.90 Å². The predicted octanol–water partition coefficient (Wildman–Crippen LogP) is 0.971. The average molecular weight is 161 g/mol. The van der Waals surface area contributed by atoms with Crippen molar-refractivity contribution in [2.75, 3.05) is 13.6 Å². The summed E-state index contributed by atoms with van der Waals surface area (Å²) >= 11 is 0. The Morgan fingerprint density at radius 2 is 2.09 bits per heavy atom. The van der Waals surface area contributed by atoms with Gasteiger partial charge in [0.25, 0.3) is 6.43 Å². The zero-order chi connectivity index (χ0) is 8.43. The summed E-state index contributed by atoms with van der Waals surface area (Å²) in [6, 6.07) is 0. The van der Waals surface area contributed by atoms with Gasteiger partial charge in [0, 0.05) is 7.05 Å². The normalized spacial score (nSPS) is 18.5. The number of rotatable bonds is 1. The molecule has 0 amide bonds. The van der Waals surface area contributed by atoms with Crippen LogP contribution in [0.5, 0.6) is 0 Å². The molecule has 0 saturated heterocycles. The molecule has 3 nitrogen and oxygen atoms in total.